The van der Waals surface area contributed by atoms with Crippen LogP contribution in [0, 0.1) is 0 Å². The van der Waals surface area contributed by atoms with Gasteiger partial charge in [0.25, 0.3) is 0 Å². The molecule has 0 saturated carbocycles. The molecule has 5 nitrogen and oxygen atoms in total. The molecule has 30 heavy (non-hydrogen) atoms. The Morgan fingerprint density at radius 3 is 1.73 bits per heavy atom. The lowest BCUT2D eigenvalue weighted by Crippen LogP contribution is -2.19. The number of hydrogen-bond donors (Lipinski definition) is 0. The highest BCUT2D eigenvalue weighted by atomic mass is 16.6. The van der Waals surface area contributed by atoms with E-state index in [0.29, 0.717) is 13.2 Å². The molecule has 0 atom stereocenters. The van der Waals surface area contributed by atoms with Gasteiger partial charge in [0.1, 0.15) is 13.2 Å². The molecule has 0 N–H and O–H groups in total. The van der Waals surface area contributed by atoms with E-state index in [1.54, 1.807) is 0 Å². The van der Waals surface area contributed by atoms with Gasteiger partial charge in [-0.1, -0.05) is 95.0 Å². The van der Waals surface area contributed by atoms with E-state index in [2.05, 4.69) is 6.92 Å². The Bertz CT molecular complexity index is 544. The van der Waals surface area contributed by atoms with Crippen molar-refractivity contribution >= 4 is 11.9 Å². The molecule has 0 spiro atoms. The third kappa shape index (κ3) is 16.0. The van der Waals surface area contributed by atoms with Crippen LogP contribution in [0.2, 0.25) is 0 Å². The number of ether oxygens (including phenoxy) is 3. The zero-order chi connectivity index (χ0) is 21.7. The minimum absolute atomic E-state index is 0.211. The molecule has 0 aliphatic carbocycles. The summed E-state index contributed by atoms with van der Waals surface area (Å²) < 4.78 is 15.3. The summed E-state index contributed by atoms with van der Waals surface area (Å²) in [7, 11) is 0. The predicted octanol–water partition coefficient (Wildman–Crippen LogP) is 5.64. The van der Waals surface area contributed by atoms with Gasteiger partial charge in [0, 0.05) is 0 Å². The number of aryl methyl sites for hydroxylation is 1. The molecule has 1 aromatic carbocycles. The minimum atomic E-state index is -0.453. The lowest BCUT2D eigenvalue weighted by Gasteiger charge is -2.07. The number of carbonyl (C=O) groups excluding carboxylic acids is 2. The van der Waals surface area contributed by atoms with Crippen LogP contribution in [0.15, 0.2) is 30.3 Å². The maximum absolute atomic E-state index is 11.6. The van der Waals surface area contributed by atoms with E-state index in [-0.39, 0.29) is 13.2 Å². The average Bonchev–Trinajstić information content (AvgIpc) is 2.76. The molecule has 0 unspecified atom stereocenters. The Kier molecular flexibility index (Phi) is 16.7. The van der Waals surface area contributed by atoms with Crippen LogP contribution in [-0.4, -0.2) is 38.4 Å². The Balaban J connectivity index is 1.84. The fourth-order valence-electron chi connectivity index (χ4n) is 3.18. The number of rotatable bonds is 19. The summed E-state index contributed by atoms with van der Waals surface area (Å²) in [6.07, 6.45) is 14.0. The maximum atomic E-state index is 11.6. The first-order valence-electron chi connectivity index (χ1n) is 11.6. The summed E-state index contributed by atoms with van der Waals surface area (Å²) in [5, 5.41) is 0. The highest BCUT2D eigenvalue weighted by Crippen LogP contribution is 2.10. The van der Waals surface area contributed by atoms with E-state index < -0.39 is 11.9 Å². The van der Waals surface area contributed by atoms with Gasteiger partial charge in [-0.2, -0.15) is 0 Å². The first kappa shape index (κ1) is 26.2. The lowest BCUT2D eigenvalue weighted by atomic mass is 10.1. The largest absolute Gasteiger partial charge is 0.464 e. The van der Waals surface area contributed by atoms with Gasteiger partial charge in [-0.15, -0.1) is 0 Å². The van der Waals surface area contributed by atoms with Crippen molar-refractivity contribution in [1.82, 2.24) is 0 Å². The number of esters is 2. The summed E-state index contributed by atoms with van der Waals surface area (Å²) in [5.41, 5.74) is 1.22. The van der Waals surface area contributed by atoms with E-state index in [0.717, 1.165) is 25.7 Å². The van der Waals surface area contributed by atoms with Crippen molar-refractivity contribution in [3.8, 4) is 0 Å². The van der Waals surface area contributed by atoms with Crippen molar-refractivity contribution in [2.45, 2.75) is 84.0 Å². The molecule has 0 saturated heterocycles. The zero-order valence-electron chi connectivity index (χ0n) is 18.7. The second-order valence-electron chi connectivity index (χ2n) is 7.70. The molecule has 0 aliphatic heterocycles. The Labute approximate surface area is 182 Å². The van der Waals surface area contributed by atoms with E-state index >= 15 is 0 Å². The third-order valence-electron chi connectivity index (χ3n) is 4.92. The van der Waals surface area contributed by atoms with Gasteiger partial charge >= 0.3 is 11.9 Å². The quantitative estimate of drug-likeness (QED) is 0.214. The topological polar surface area (TPSA) is 61.8 Å². The molecule has 170 valence electrons. The molecular formula is C25H40O5. The molecule has 0 bridgehead atoms. The van der Waals surface area contributed by atoms with Gasteiger partial charge in [-0.25, -0.2) is 9.59 Å². The van der Waals surface area contributed by atoms with E-state index in [9.17, 15) is 9.59 Å². The monoisotopic (exact) mass is 420 g/mol. The molecule has 5 heteroatoms. The summed E-state index contributed by atoms with van der Waals surface area (Å²) >= 11 is 0. The SMILES string of the molecule is CCCCCCCCCCCCOC(=O)COCC(=O)OCCCc1ccccc1. The number of hydrogen-bond acceptors (Lipinski definition) is 5. The molecule has 0 aromatic heterocycles. The van der Waals surface area contributed by atoms with Gasteiger partial charge in [-0.05, 0) is 24.8 Å². The van der Waals surface area contributed by atoms with Crippen molar-refractivity contribution in [3.63, 3.8) is 0 Å². The summed E-state index contributed by atoms with van der Waals surface area (Å²) in [5.74, 6) is -0.881. The number of unbranched alkanes of at least 4 members (excludes halogenated alkanes) is 9. The minimum Gasteiger partial charge on any atom is -0.464 e. The predicted molar refractivity (Wildman–Crippen MR) is 119 cm³/mol. The van der Waals surface area contributed by atoms with Crippen LogP contribution in [0.3, 0.4) is 0 Å². The van der Waals surface area contributed by atoms with E-state index in [1.165, 1.54) is 56.9 Å². The fraction of sp³-hybridized carbons (Fsp3) is 0.680. The Morgan fingerprint density at radius 1 is 0.667 bits per heavy atom. The fourth-order valence-corrected chi connectivity index (χ4v) is 3.18. The van der Waals surface area contributed by atoms with Gasteiger partial charge in [0.15, 0.2) is 0 Å². The molecule has 1 rings (SSSR count). The second-order valence-corrected chi connectivity index (χ2v) is 7.70. The van der Waals surface area contributed by atoms with Crippen LogP contribution in [0.25, 0.3) is 0 Å². The van der Waals surface area contributed by atoms with Gasteiger partial charge < -0.3 is 14.2 Å². The van der Waals surface area contributed by atoms with Crippen molar-refractivity contribution in [3.05, 3.63) is 35.9 Å². The van der Waals surface area contributed by atoms with Crippen molar-refractivity contribution in [1.29, 1.82) is 0 Å². The second kappa shape index (κ2) is 19.1. The van der Waals surface area contributed by atoms with Crippen molar-refractivity contribution in [2.75, 3.05) is 26.4 Å². The standard InChI is InChI=1S/C25H40O5/c1-2-3-4-5-6-7-8-9-10-14-19-29-24(26)21-28-22-25(27)30-20-15-18-23-16-12-11-13-17-23/h11-13,16-17H,2-10,14-15,18-22H2,1H3. The average molecular weight is 421 g/mol. The number of carbonyl (C=O) groups is 2. The maximum Gasteiger partial charge on any atom is 0.332 e. The van der Waals surface area contributed by atoms with Crippen LogP contribution in [0.5, 0.6) is 0 Å². The summed E-state index contributed by atoms with van der Waals surface area (Å²) in [6, 6.07) is 10.1. The van der Waals surface area contributed by atoms with Crippen LogP contribution >= 0.6 is 0 Å². The first-order chi connectivity index (χ1) is 14.7. The van der Waals surface area contributed by atoms with Gasteiger partial charge in [-0.3, -0.25) is 0 Å². The molecule has 0 aliphatic rings. The van der Waals surface area contributed by atoms with Crippen LogP contribution in [-0.2, 0) is 30.2 Å². The summed E-state index contributed by atoms with van der Waals surface area (Å²) in [6.45, 7) is 2.57. The number of benzene rings is 1. The highest BCUT2D eigenvalue weighted by Gasteiger charge is 2.07. The Hall–Kier alpha value is -1.88. The molecule has 0 fully saturated rings. The normalized spacial score (nSPS) is 10.7. The van der Waals surface area contributed by atoms with Crippen LogP contribution in [0.1, 0.15) is 83.1 Å². The first-order valence-corrected chi connectivity index (χ1v) is 11.6. The smallest absolute Gasteiger partial charge is 0.332 e. The molecule has 1 aromatic rings. The van der Waals surface area contributed by atoms with Crippen molar-refractivity contribution in [2.24, 2.45) is 0 Å². The molecule has 0 amide bonds. The van der Waals surface area contributed by atoms with Crippen LogP contribution in [0.4, 0.5) is 0 Å². The van der Waals surface area contributed by atoms with Gasteiger partial charge in [0.2, 0.25) is 0 Å². The summed E-state index contributed by atoms with van der Waals surface area (Å²) in [4.78, 5) is 23.2. The molecule has 0 radical (unpaired) electrons. The van der Waals surface area contributed by atoms with E-state index in [4.69, 9.17) is 14.2 Å². The molecule has 0 heterocycles. The van der Waals surface area contributed by atoms with Gasteiger partial charge in [0.05, 0.1) is 13.2 Å². The van der Waals surface area contributed by atoms with Crippen LogP contribution < -0.4 is 0 Å². The zero-order valence-corrected chi connectivity index (χ0v) is 18.7. The Morgan fingerprint density at radius 2 is 1.17 bits per heavy atom. The van der Waals surface area contributed by atoms with E-state index in [1.807, 2.05) is 30.3 Å². The lowest BCUT2D eigenvalue weighted by molar-refractivity contribution is -0.155. The third-order valence-corrected chi connectivity index (χ3v) is 4.92. The molecular weight excluding hydrogens is 380 g/mol. The van der Waals surface area contributed by atoms with Crippen molar-refractivity contribution < 1.29 is 23.8 Å². The highest BCUT2D eigenvalue weighted by molar-refractivity contribution is 5.73.